The Kier molecular flexibility index (Phi) is 4.67. The van der Waals surface area contributed by atoms with Gasteiger partial charge in [-0.3, -0.25) is 0 Å². The molecule has 2 aromatic heterocycles. The molecule has 1 unspecified atom stereocenters. The Morgan fingerprint density at radius 2 is 2.19 bits per heavy atom. The summed E-state index contributed by atoms with van der Waals surface area (Å²) in [6.07, 6.45) is 9.54. The molecule has 27 heavy (non-hydrogen) atoms. The van der Waals surface area contributed by atoms with E-state index in [4.69, 9.17) is 4.98 Å². The summed E-state index contributed by atoms with van der Waals surface area (Å²) < 4.78 is 0. The second-order valence-electron chi connectivity index (χ2n) is 7.76. The van der Waals surface area contributed by atoms with Gasteiger partial charge in [-0.15, -0.1) is 11.3 Å². The number of aliphatic hydroxyl groups is 1. The lowest BCUT2D eigenvalue weighted by Gasteiger charge is -2.34. The second kappa shape index (κ2) is 7.30. The smallest absolute Gasteiger partial charge is 0.155 e. The molecule has 7 heteroatoms. The number of fused-ring (bicyclic) bond motifs is 1. The quantitative estimate of drug-likeness (QED) is 0.758. The zero-order chi connectivity index (χ0) is 18.2. The summed E-state index contributed by atoms with van der Waals surface area (Å²) in [5.74, 6) is 2.05. The van der Waals surface area contributed by atoms with Crippen LogP contribution < -0.4 is 15.1 Å². The van der Waals surface area contributed by atoms with Crippen LogP contribution in [0, 0.1) is 0 Å². The van der Waals surface area contributed by atoms with Crippen molar-refractivity contribution in [3.8, 4) is 10.7 Å². The molecular formula is C20H27N5OS. The molecule has 144 valence electrons. The number of imidazole rings is 1. The predicted octanol–water partition coefficient (Wildman–Crippen LogP) is 2.73. The number of thiophene rings is 1. The van der Waals surface area contributed by atoms with Crippen molar-refractivity contribution < 1.29 is 5.11 Å². The van der Waals surface area contributed by atoms with Crippen LogP contribution in [-0.2, 0) is 6.42 Å². The van der Waals surface area contributed by atoms with Gasteiger partial charge in [0.15, 0.2) is 5.82 Å². The van der Waals surface area contributed by atoms with E-state index in [-0.39, 0.29) is 6.10 Å². The lowest BCUT2D eigenvalue weighted by Crippen LogP contribution is -2.44. The molecule has 5 rings (SSSR count). The van der Waals surface area contributed by atoms with Crippen LogP contribution in [0.1, 0.15) is 31.4 Å². The van der Waals surface area contributed by atoms with Gasteiger partial charge in [-0.2, -0.15) is 0 Å². The molecule has 2 saturated heterocycles. The monoisotopic (exact) mass is 385 g/mol. The number of allylic oxidation sites excluding steroid dienone is 1. The summed E-state index contributed by atoms with van der Waals surface area (Å²) in [7, 11) is 0. The molecule has 0 aromatic carbocycles. The maximum atomic E-state index is 9.96. The molecule has 2 atom stereocenters. The number of H-pyrrole nitrogens is 1. The van der Waals surface area contributed by atoms with E-state index in [0.29, 0.717) is 6.04 Å². The van der Waals surface area contributed by atoms with E-state index in [2.05, 4.69) is 44.5 Å². The number of anilines is 2. The first kappa shape index (κ1) is 17.3. The minimum absolute atomic E-state index is 0.205. The predicted molar refractivity (Wildman–Crippen MR) is 111 cm³/mol. The van der Waals surface area contributed by atoms with Crippen molar-refractivity contribution in [1.29, 1.82) is 0 Å². The molecule has 2 aromatic rings. The van der Waals surface area contributed by atoms with Gasteiger partial charge in [0.25, 0.3) is 0 Å². The number of nitrogens with zero attached hydrogens (tertiary/aromatic N) is 3. The Labute approximate surface area is 163 Å². The largest absolute Gasteiger partial charge is 0.391 e. The lowest BCUT2D eigenvalue weighted by molar-refractivity contribution is 0.154. The number of piperidine rings is 2. The molecule has 0 bridgehead atoms. The maximum Gasteiger partial charge on any atom is 0.155 e. The Morgan fingerprint density at radius 3 is 3.04 bits per heavy atom. The number of β-amino-alcohol motifs (C(OH)–C–C–N with tert-alkyl or cyclic N) is 1. The molecule has 0 saturated carbocycles. The van der Waals surface area contributed by atoms with Gasteiger partial charge in [0.1, 0.15) is 5.82 Å². The number of aliphatic hydroxyl groups excluding tert-OH is 1. The molecule has 5 heterocycles. The molecule has 3 aliphatic rings. The highest BCUT2D eigenvalue weighted by atomic mass is 32.1. The highest BCUT2D eigenvalue weighted by molar-refractivity contribution is 7.19. The number of aromatic nitrogens is 2. The molecule has 3 aliphatic heterocycles. The van der Waals surface area contributed by atoms with Crippen LogP contribution in [0.4, 0.5) is 10.8 Å². The topological polar surface area (TPSA) is 67.4 Å². The van der Waals surface area contributed by atoms with Crippen molar-refractivity contribution in [2.24, 2.45) is 0 Å². The highest BCUT2D eigenvalue weighted by Gasteiger charge is 2.27. The van der Waals surface area contributed by atoms with Crippen molar-refractivity contribution in [3.05, 3.63) is 30.1 Å². The number of hydrogen-bond donors (Lipinski definition) is 3. The van der Waals surface area contributed by atoms with Crippen LogP contribution >= 0.6 is 11.3 Å². The maximum absolute atomic E-state index is 9.96. The Hall–Kier alpha value is -1.83. The number of aromatic amines is 1. The van der Waals surface area contributed by atoms with E-state index in [0.717, 1.165) is 57.1 Å². The van der Waals surface area contributed by atoms with Crippen molar-refractivity contribution in [3.63, 3.8) is 0 Å². The van der Waals surface area contributed by atoms with Crippen LogP contribution in [-0.4, -0.2) is 53.4 Å². The standard InChI is InChI=1S/C20H27N5OS/c26-15-5-2-10-24(13-15)18-8-7-17(27-18)19-22-16-6-3-11-25(20(16)23-19)14-4-1-9-21-12-14/h3,7-8,11,14-15,21,26H,1-2,4-6,9-10,12-13H2,(H,22,23)/t14?,15-/m0/s1. The molecule has 3 N–H and O–H groups in total. The van der Waals surface area contributed by atoms with E-state index in [1.165, 1.54) is 28.4 Å². The first-order valence-corrected chi connectivity index (χ1v) is 10.9. The SMILES string of the molecule is O[C@H]1CCCN(c2ccc(-c3nc4c([nH]3)CC=CN4C3CCCNC3)s2)C1. The molecule has 0 radical (unpaired) electrons. The van der Waals surface area contributed by atoms with E-state index in [9.17, 15) is 5.11 Å². The number of hydrogen-bond acceptors (Lipinski definition) is 6. The third kappa shape index (κ3) is 3.39. The summed E-state index contributed by atoms with van der Waals surface area (Å²) in [6, 6.07) is 4.81. The van der Waals surface area contributed by atoms with E-state index in [1.807, 2.05) is 0 Å². The first-order valence-electron chi connectivity index (χ1n) is 10.1. The van der Waals surface area contributed by atoms with Gasteiger partial charge in [-0.05, 0) is 44.4 Å². The van der Waals surface area contributed by atoms with Crippen LogP contribution in [0.15, 0.2) is 24.4 Å². The first-order chi connectivity index (χ1) is 13.3. The molecule has 0 aliphatic carbocycles. The fourth-order valence-corrected chi connectivity index (χ4v) is 5.36. The van der Waals surface area contributed by atoms with E-state index in [1.54, 1.807) is 11.3 Å². The summed E-state index contributed by atoms with van der Waals surface area (Å²) in [4.78, 5) is 14.4. The molecule has 0 amide bonds. The molecule has 0 spiro atoms. The van der Waals surface area contributed by atoms with Crippen molar-refractivity contribution in [1.82, 2.24) is 15.3 Å². The minimum atomic E-state index is -0.205. The Morgan fingerprint density at radius 1 is 1.22 bits per heavy atom. The van der Waals surface area contributed by atoms with Crippen LogP contribution in [0.5, 0.6) is 0 Å². The zero-order valence-corrected chi connectivity index (χ0v) is 16.3. The average Bonchev–Trinajstić information content (AvgIpc) is 3.35. The molecule has 6 nitrogen and oxygen atoms in total. The van der Waals surface area contributed by atoms with Crippen molar-refractivity contribution in [2.45, 2.75) is 44.2 Å². The Balaban J connectivity index is 1.39. The lowest BCUT2D eigenvalue weighted by atomic mass is 10.0. The third-order valence-electron chi connectivity index (χ3n) is 5.79. The van der Waals surface area contributed by atoms with Gasteiger partial charge in [0.05, 0.1) is 21.7 Å². The van der Waals surface area contributed by atoms with Crippen LogP contribution in [0.3, 0.4) is 0 Å². The van der Waals surface area contributed by atoms with Crippen LogP contribution in [0.25, 0.3) is 10.7 Å². The summed E-state index contributed by atoms with van der Waals surface area (Å²) in [5.41, 5.74) is 1.21. The normalized spacial score (nSPS) is 25.7. The van der Waals surface area contributed by atoms with E-state index >= 15 is 0 Å². The van der Waals surface area contributed by atoms with E-state index < -0.39 is 0 Å². The van der Waals surface area contributed by atoms with Gasteiger partial charge >= 0.3 is 0 Å². The summed E-state index contributed by atoms with van der Waals surface area (Å²) in [5, 5.41) is 14.7. The number of nitrogens with one attached hydrogen (secondary N) is 2. The summed E-state index contributed by atoms with van der Waals surface area (Å²) in [6.45, 7) is 3.90. The van der Waals surface area contributed by atoms with Gasteiger partial charge in [0.2, 0.25) is 0 Å². The van der Waals surface area contributed by atoms with Gasteiger partial charge in [-0.25, -0.2) is 4.98 Å². The fraction of sp³-hybridized carbons (Fsp3) is 0.550. The van der Waals surface area contributed by atoms with Gasteiger partial charge in [0, 0.05) is 38.3 Å². The number of rotatable bonds is 3. The fourth-order valence-electron chi connectivity index (χ4n) is 4.37. The van der Waals surface area contributed by atoms with Crippen LogP contribution in [0.2, 0.25) is 0 Å². The second-order valence-corrected chi connectivity index (χ2v) is 8.83. The van der Waals surface area contributed by atoms with Crippen molar-refractivity contribution in [2.75, 3.05) is 36.0 Å². The van der Waals surface area contributed by atoms with Gasteiger partial charge < -0.3 is 25.2 Å². The zero-order valence-electron chi connectivity index (χ0n) is 15.5. The highest BCUT2D eigenvalue weighted by Crippen LogP contribution is 2.36. The Bertz CT molecular complexity index is 822. The third-order valence-corrected chi connectivity index (χ3v) is 6.94. The van der Waals surface area contributed by atoms with Crippen molar-refractivity contribution >= 4 is 22.2 Å². The minimum Gasteiger partial charge on any atom is -0.391 e. The summed E-state index contributed by atoms with van der Waals surface area (Å²) >= 11 is 1.76. The molecule has 2 fully saturated rings. The average molecular weight is 386 g/mol. The van der Waals surface area contributed by atoms with Gasteiger partial charge in [-0.1, -0.05) is 6.08 Å². The molecular weight excluding hydrogens is 358 g/mol.